The lowest BCUT2D eigenvalue weighted by molar-refractivity contribution is 0.0752. The number of aryl methyl sites for hydroxylation is 1. The monoisotopic (exact) mass is 269 g/mol. The van der Waals surface area contributed by atoms with Crippen LogP contribution in [0.2, 0.25) is 0 Å². The standard InChI is InChI=1S/C13H19NO3S/c1-11-6-3-4-7-13(11)18(15,16)14-8-5-9-17-12(2)10-14/h3-4,6-7,12H,5,8-10H2,1-2H3. The number of benzene rings is 1. The Balaban J connectivity index is 2.33. The first-order valence-corrected chi connectivity index (χ1v) is 7.63. The van der Waals surface area contributed by atoms with Gasteiger partial charge in [-0.15, -0.1) is 0 Å². The molecular formula is C13H19NO3S. The highest BCUT2D eigenvalue weighted by Gasteiger charge is 2.28. The molecule has 1 aliphatic rings. The lowest BCUT2D eigenvalue weighted by Gasteiger charge is -2.22. The van der Waals surface area contributed by atoms with Gasteiger partial charge in [-0.25, -0.2) is 8.42 Å². The summed E-state index contributed by atoms with van der Waals surface area (Å²) in [6.07, 6.45) is 0.696. The molecule has 1 aromatic carbocycles. The van der Waals surface area contributed by atoms with Crippen LogP contribution in [-0.2, 0) is 14.8 Å². The molecule has 4 nitrogen and oxygen atoms in total. The van der Waals surface area contributed by atoms with Gasteiger partial charge in [0.05, 0.1) is 11.0 Å². The van der Waals surface area contributed by atoms with E-state index in [1.165, 1.54) is 4.31 Å². The predicted octanol–water partition coefficient (Wildman–Crippen LogP) is 1.79. The molecule has 100 valence electrons. The van der Waals surface area contributed by atoms with Gasteiger partial charge in [-0.3, -0.25) is 0 Å². The van der Waals surface area contributed by atoms with Gasteiger partial charge in [0, 0.05) is 19.7 Å². The number of nitrogens with zero attached hydrogens (tertiary/aromatic N) is 1. The Morgan fingerprint density at radius 3 is 2.78 bits per heavy atom. The summed E-state index contributed by atoms with van der Waals surface area (Å²) in [5.41, 5.74) is 0.787. The fourth-order valence-electron chi connectivity index (χ4n) is 2.16. The van der Waals surface area contributed by atoms with Crippen molar-refractivity contribution >= 4 is 10.0 Å². The number of ether oxygens (including phenoxy) is 1. The molecule has 1 atom stereocenters. The average molecular weight is 269 g/mol. The quantitative estimate of drug-likeness (QED) is 0.822. The number of hydrogen-bond donors (Lipinski definition) is 0. The van der Waals surface area contributed by atoms with E-state index in [0.29, 0.717) is 24.6 Å². The molecule has 1 aliphatic heterocycles. The maximum atomic E-state index is 12.6. The van der Waals surface area contributed by atoms with Crippen molar-refractivity contribution in [3.05, 3.63) is 29.8 Å². The molecule has 0 aliphatic carbocycles. The highest BCUT2D eigenvalue weighted by Crippen LogP contribution is 2.21. The Kier molecular flexibility index (Phi) is 4.04. The molecule has 0 saturated carbocycles. The summed E-state index contributed by atoms with van der Waals surface area (Å²) in [6, 6.07) is 7.10. The third-order valence-electron chi connectivity index (χ3n) is 3.13. The van der Waals surface area contributed by atoms with Crippen molar-refractivity contribution in [3.8, 4) is 0 Å². The number of rotatable bonds is 2. The van der Waals surface area contributed by atoms with Gasteiger partial charge in [0.15, 0.2) is 0 Å². The first kappa shape index (κ1) is 13.5. The smallest absolute Gasteiger partial charge is 0.243 e. The van der Waals surface area contributed by atoms with E-state index >= 15 is 0 Å². The molecule has 0 N–H and O–H groups in total. The van der Waals surface area contributed by atoms with Crippen molar-refractivity contribution in [2.45, 2.75) is 31.3 Å². The van der Waals surface area contributed by atoms with Crippen molar-refractivity contribution in [2.24, 2.45) is 0 Å². The van der Waals surface area contributed by atoms with Crippen molar-refractivity contribution < 1.29 is 13.2 Å². The summed E-state index contributed by atoms with van der Waals surface area (Å²) in [5, 5.41) is 0. The van der Waals surface area contributed by atoms with E-state index in [4.69, 9.17) is 4.74 Å². The Hall–Kier alpha value is -0.910. The summed E-state index contributed by atoms with van der Waals surface area (Å²) in [5.74, 6) is 0. The van der Waals surface area contributed by atoms with Crippen LogP contribution in [0.3, 0.4) is 0 Å². The SMILES string of the molecule is Cc1ccccc1S(=O)(=O)N1CCCOC(C)C1. The topological polar surface area (TPSA) is 46.6 Å². The van der Waals surface area contributed by atoms with Crippen LogP contribution in [0.5, 0.6) is 0 Å². The van der Waals surface area contributed by atoms with Gasteiger partial charge >= 0.3 is 0 Å². The summed E-state index contributed by atoms with van der Waals surface area (Å²) in [6.45, 7) is 5.31. The summed E-state index contributed by atoms with van der Waals surface area (Å²) in [4.78, 5) is 0.402. The highest BCUT2D eigenvalue weighted by atomic mass is 32.2. The van der Waals surface area contributed by atoms with Gasteiger partial charge in [0.2, 0.25) is 10.0 Å². The van der Waals surface area contributed by atoms with Crippen molar-refractivity contribution in [2.75, 3.05) is 19.7 Å². The Labute approximate surface area is 109 Å². The minimum absolute atomic E-state index is 0.0497. The molecule has 0 amide bonds. The number of sulfonamides is 1. The fourth-order valence-corrected chi connectivity index (χ4v) is 3.94. The molecule has 1 heterocycles. The van der Waals surface area contributed by atoms with Crippen molar-refractivity contribution in [1.29, 1.82) is 0 Å². The molecule has 1 aromatic rings. The molecule has 0 aromatic heterocycles. The lowest BCUT2D eigenvalue weighted by atomic mass is 10.2. The Morgan fingerprint density at radius 2 is 2.06 bits per heavy atom. The first-order valence-electron chi connectivity index (χ1n) is 6.19. The zero-order chi connectivity index (χ0) is 13.2. The zero-order valence-corrected chi connectivity index (χ0v) is 11.6. The Morgan fingerprint density at radius 1 is 1.33 bits per heavy atom. The van der Waals surface area contributed by atoms with Crippen molar-refractivity contribution in [1.82, 2.24) is 4.31 Å². The normalized spacial score (nSPS) is 22.7. The van der Waals surface area contributed by atoms with Crippen LogP contribution in [0.1, 0.15) is 18.9 Å². The molecule has 0 spiro atoms. The second-order valence-corrected chi connectivity index (χ2v) is 6.57. The van der Waals surface area contributed by atoms with Gasteiger partial charge in [-0.2, -0.15) is 4.31 Å². The van der Waals surface area contributed by atoms with E-state index < -0.39 is 10.0 Å². The minimum atomic E-state index is -3.40. The molecule has 1 unspecified atom stereocenters. The third kappa shape index (κ3) is 2.74. The van der Waals surface area contributed by atoms with Gasteiger partial charge in [0.1, 0.15) is 0 Å². The molecule has 0 bridgehead atoms. The average Bonchev–Trinajstić information content (AvgIpc) is 2.54. The van der Waals surface area contributed by atoms with E-state index in [1.807, 2.05) is 26.0 Å². The second-order valence-electron chi connectivity index (χ2n) is 4.66. The molecular weight excluding hydrogens is 250 g/mol. The Bertz CT molecular complexity index is 513. The van der Waals surface area contributed by atoms with E-state index in [2.05, 4.69) is 0 Å². The zero-order valence-electron chi connectivity index (χ0n) is 10.8. The highest BCUT2D eigenvalue weighted by molar-refractivity contribution is 7.89. The van der Waals surface area contributed by atoms with Crippen LogP contribution >= 0.6 is 0 Å². The summed E-state index contributed by atoms with van der Waals surface area (Å²) >= 11 is 0. The van der Waals surface area contributed by atoms with E-state index in [-0.39, 0.29) is 6.10 Å². The summed E-state index contributed by atoms with van der Waals surface area (Å²) < 4.78 is 32.2. The largest absolute Gasteiger partial charge is 0.377 e. The molecule has 0 radical (unpaired) electrons. The van der Waals surface area contributed by atoms with Crippen LogP contribution in [-0.4, -0.2) is 38.5 Å². The molecule has 1 saturated heterocycles. The summed E-state index contributed by atoms with van der Waals surface area (Å²) in [7, 11) is -3.40. The van der Waals surface area contributed by atoms with Crippen LogP contribution in [0.25, 0.3) is 0 Å². The maximum absolute atomic E-state index is 12.6. The van der Waals surface area contributed by atoms with E-state index in [9.17, 15) is 8.42 Å². The van der Waals surface area contributed by atoms with Crippen LogP contribution in [0.15, 0.2) is 29.2 Å². The van der Waals surface area contributed by atoms with Gasteiger partial charge in [-0.05, 0) is 31.9 Å². The minimum Gasteiger partial charge on any atom is -0.377 e. The molecule has 5 heteroatoms. The van der Waals surface area contributed by atoms with Gasteiger partial charge in [-0.1, -0.05) is 18.2 Å². The van der Waals surface area contributed by atoms with Crippen LogP contribution in [0, 0.1) is 6.92 Å². The maximum Gasteiger partial charge on any atom is 0.243 e. The fraction of sp³-hybridized carbons (Fsp3) is 0.538. The van der Waals surface area contributed by atoms with E-state index in [0.717, 1.165) is 12.0 Å². The number of hydrogen-bond acceptors (Lipinski definition) is 3. The van der Waals surface area contributed by atoms with Gasteiger partial charge < -0.3 is 4.74 Å². The first-order chi connectivity index (χ1) is 8.51. The second kappa shape index (κ2) is 5.38. The molecule has 18 heavy (non-hydrogen) atoms. The van der Waals surface area contributed by atoms with Crippen LogP contribution in [0.4, 0.5) is 0 Å². The molecule has 1 fully saturated rings. The van der Waals surface area contributed by atoms with Crippen molar-refractivity contribution in [3.63, 3.8) is 0 Å². The van der Waals surface area contributed by atoms with Crippen LogP contribution < -0.4 is 0 Å². The van der Waals surface area contributed by atoms with Gasteiger partial charge in [0.25, 0.3) is 0 Å². The van der Waals surface area contributed by atoms with E-state index in [1.54, 1.807) is 12.1 Å². The molecule has 2 rings (SSSR count). The predicted molar refractivity (Wildman–Crippen MR) is 70.0 cm³/mol. The third-order valence-corrected chi connectivity index (χ3v) is 5.15. The lowest BCUT2D eigenvalue weighted by Crippen LogP contribution is -2.36.